The average molecular weight is 315 g/mol. The Kier molecular flexibility index (Phi) is 3.73. The van der Waals surface area contributed by atoms with E-state index >= 15 is 0 Å². The summed E-state index contributed by atoms with van der Waals surface area (Å²) in [6.07, 6.45) is 4.12. The number of hydrogen-bond acceptors (Lipinski definition) is 4. The van der Waals surface area contributed by atoms with E-state index in [-0.39, 0.29) is 0 Å². The number of allylic oxidation sites excluding steroid dienone is 1. The number of halogens is 1. The largest absolute Gasteiger partial charge is 0.496 e. The number of nitrogens with zero attached hydrogens (tertiary/aromatic N) is 2. The number of nitrogen functional groups attached to an aromatic ring is 1. The number of anilines is 1. The lowest BCUT2D eigenvalue weighted by Gasteiger charge is -2.08. The number of methoxy groups -OCH3 is 1. The number of nitrogens with two attached hydrogens (primary N) is 1. The van der Waals surface area contributed by atoms with E-state index in [1.807, 2.05) is 24.3 Å². The number of nitrogens with one attached hydrogen (secondary N) is 1. The van der Waals surface area contributed by atoms with Gasteiger partial charge in [0.2, 0.25) is 0 Å². The van der Waals surface area contributed by atoms with Gasteiger partial charge in [0.25, 0.3) is 0 Å². The first-order valence-electron chi connectivity index (χ1n) is 6.72. The van der Waals surface area contributed by atoms with E-state index in [1.165, 1.54) is 6.20 Å². The first-order valence-corrected chi connectivity index (χ1v) is 7.09. The van der Waals surface area contributed by atoms with Gasteiger partial charge in [-0.3, -0.25) is 0 Å². The molecule has 0 fully saturated rings. The Balaban J connectivity index is 2.14. The van der Waals surface area contributed by atoms with Crippen LogP contribution in [0.2, 0.25) is 5.02 Å². The van der Waals surface area contributed by atoms with Crippen LogP contribution < -0.4 is 10.5 Å². The van der Waals surface area contributed by atoms with Crippen LogP contribution in [0, 0.1) is 0 Å². The number of imidazole rings is 1. The van der Waals surface area contributed by atoms with Gasteiger partial charge in [0.05, 0.1) is 29.6 Å². The van der Waals surface area contributed by atoms with Crippen LogP contribution >= 0.6 is 11.6 Å². The van der Waals surface area contributed by atoms with E-state index in [9.17, 15) is 0 Å². The molecule has 3 rings (SSSR count). The molecule has 1 aromatic carbocycles. The molecule has 2 heterocycles. The average Bonchev–Trinajstić information content (AvgIpc) is 2.96. The molecule has 3 aromatic rings. The molecule has 0 saturated heterocycles. The second-order valence-electron chi connectivity index (χ2n) is 4.83. The summed E-state index contributed by atoms with van der Waals surface area (Å²) in [5.74, 6) is 1.36. The van der Waals surface area contributed by atoms with Gasteiger partial charge in [-0.2, -0.15) is 0 Å². The van der Waals surface area contributed by atoms with Crippen molar-refractivity contribution >= 4 is 28.5 Å². The highest BCUT2D eigenvalue weighted by Crippen LogP contribution is 2.32. The summed E-state index contributed by atoms with van der Waals surface area (Å²) in [6, 6.07) is 5.93. The Morgan fingerprint density at radius 1 is 1.45 bits per heavy atom. The van der Waals surface area contributed by atoms with Gasteiger partial charge in [0, 0.05) is 0 Å². The van der Waals surface area contributed by atoms with Gasteiger partial charge < -0.3 is 15.5 Å². The topological polar surface area (TPSA) is 76.8 Å². The third-order valence-electron chi connectivity index (χ3n) is 3.41. The summed E-state index contributed by atoms with van der Waals surface area (Å²) < 4.78 is 5.46. The number of benzene rings is 1. The molecule has 0 unspecified atom stereocenters. The maximum atomic E-state index is 5.99. The summed E-state index contributed by atoms with van der Waals surface area (Å²) in [6.45, 7) is 3.74. The van der Waals surface area contributed by atoms with E-state index in [4.69, 9.17) is 22.1 Å². The normalized spacial score (nSPS) is 10.8. The number of aromatic nitrogens is 3. The molecule has 0 aliphatic rings. The van der Waals surface area contributed by atoms with Crippen LogP contribution in [0.25, 0.3) is 22.6 Å². The number of ether oxygens (including phenoxy) is 1. The second-order valence-corrected chi connectivity index (χ2v) is 5.24. The Hall–Kier alpha value is -2.53. The fourth-order valence-corrected chi connectivity index (χ4v) is 2.45. The predicted octanol–water partition coefficient (Wildman–Crippen LogP) is 3.60. The number of H-pyrrole nitrogens is 1. The van der Waals surface area contributed by atoms with Gasteiger partial charge in [0.15, 0.2) is 5.65 Å². The fraction of sp³-hybridized carbons (Fsp3) is 0.125. The van der Waals surface area contributed by atoms with Gasteiger partial charge in [-0.25, -0.2) is 9.97 Å². The van der Waals surface area contributed by atoms with Crippen LogP contribution in [0.5, 0.6) is 5.75 Å². The Morgan fingerprint density at radius 3 is 3.00 bits per heavy atom. The molecule has 0 bridgehead atoms. The second kappa shape index (κ2) is 5.69. The number of aromatic amines is 1. The van der Waals surface area contributed by atoms with Gasteiger partial charge in [-0.1, -0.05) is 23.7 Å². The molecule has 6 heteroatoms. The van der Waals surface area contributed by atoms with Crippen molar-refractivity contribution in [3.63, 3.8) is 0 Å². The third kappa shape index (κ3) is 2.40. The zero-order valence-corrected chi connectivity index (χ0v) is 12.8. The van der Waals surface area contributed by atoms with E-state index in [2.05, 4.69) is 21.5 Å². The van der Waals surface area contributed by atoms with Crippen LogP contribution in [0.3, 0.4) is 0 Å². The number of rotatable bonds is 4. The lowest BCUT2D eigenvalue weighted by molar-refractivity contribution is 0.416. The molecule has 0 saturated carbocycles. The van der Waals surface area contributed by atoms with Crippen molar-refractivity contribution in [1.82, 2.24) is 15.0 Å². The Bertz CT molecular complexity index is 857. The monoisotopic (exact) mass is 314 g/mol. The fourth-order valence-electron chi connectivity index (χ4n) is 2.30. The van der Waals surface area contributed by atoms with Crippen LogP contribution in [-0.4, -0.2) is 22.1 Å². The maximum absolute atomic E-state index is 5.99. The molecule has 0 atom stereocenters. The summed E-state index contributed by atoms with van der Waals surface area (Å²) in [5.41, 5.74) is 9.50. The molecule has 112 valence electrons. The molecule has 0 amide bonds. The molecule has 0 spiro atoms. The zero-order chi connectivity index (χ0) is 15.7. The van der Waals surface area contributed by atoms with Gasteiger partial charge in [-0.15, -0.1) is 6.58 Å². The minimum Gasteiger partial charge on any atom is -0.496 e. The number of pyridine rings is 1. The van der Waals surface area contributed by atoms with Crippen molar-refractivity contribution in [3.8, 4) is 17.1 Å². The molecule has 0 aliphatic heterocycles. The predicted molar refractivity (Wildman–Crippen MR) is 89.2 cm³/mol. The highest BCUT2D eigenvalue weighted by molar-refractivity contribution is 6.34. The minimum absolute atomic E-state index is 0.399. The summed E-state index contributed by atoms with van der Waals surface area (Å²) in [5, 5.41) is 0.399. The highest BCUT2D eigenvalue weighted by Gasteiger charge is 2.14. The molecular weight excluding hydrogens is 300 g/mol. The van der Waals surface area contributed by atoms with Crippen molar-refractivity contribution in [2.45, 2.75) is 6.42 Å². The zero-order valence-electron chi connectivity index (χ0n) is 12.1. The van der Waals surface area contributed by atoms with Crippen molar-refractivity contribution in [2.24, 2.45) is 0 Å². The number of hydrogen-bond donors (Lipinski definition) is 2. The van der Waals surface area contributed by atoms with Gasteiger partial charge >= 0.3 is 0 Å². The molecule has 22 heavy (non-hydrogen) atoms. The molecule has 0 aliphatic carbocycles. The molecule has 0 radical (unpaired) electrons. The van der Waals surface area contributed by atoms with Crippen LogP contribution in [0.15, 0.2) is 37.1 Å². The Labute approximate surface area is 132 Å². The van der Waals surface area contributed by atoms with Crippen molar-refractivity contribution < 1.29 is 4.74 Å². The van der Waals surface area contributed by atoms with Crippen LogP contribution in [0.4, 0.5) is 5.69 Å². The van der Waals surface area contributed by atoms with E-state index in [1.54, 1.807) is 7.11 Å². The molecule has 3 N–H and O–H groups in total. The van der Waals surface area contributed by atoms with Gasteiger partial charge in [0.1, 0.15) is 17.1 Å². The standard InChI is InChI=1S/C16H15ClN4O/c1-3-4-9-5-6-10(12(7-9)22-2)15-20-14-13(18)11(17)8-19-16(14)21-15/h3,5-8H,1,4H2,2H3,(H3,18,19,20,21). The summed E-state index contributed by atoms with van der Waals surface area (Å²) in [7, 11) is 1.63. The third-order valence-corrected chi connectivity index (χ3v) is 3.71. The maximum Gasteiger partial charge on any atom is 0.180 e. The molecule has 2 aromatic heterocycles. The summed E-state index contributed by atoms with van der Waals surface area (Å²) in [4.78, 5) is 11.8. The minimum atomic E-state index is 0.399. The van der Waals surface area contributed by atoms with E-state index in [0.717, 1.165) is 23.3 Å². The molecule has 5 nitrogen and oxygen atoms in total. The number of fused-ring (bicyclic) bond motifs is 1. The first-order chi connectivity index (χ1) is 10.6. The quantitative estimate of drug-likeness (QED) is 0.721. The Morgan fingerprint density at radius 2 is 2.27 bits per heavy atom. The first kappa shape index (κ1) is 14.4. The SMILES string of the molecule is C=CCc1ccc(-c2nc3ncc(Cl)c(N)c3[nH]2)c(OC)c1. The van der Waals surface area contributed by atoms with E-state index in [0.29, 0.717) is 27.7 Å². The van der Waals surface area contributed by atoms with Crippen molar-refractivity contribution in [3.05, 3.63) is 47.6 Å². The molecular formula is C16H15ClN4O. The highest BCUT2D eigenvalue weighted by atomic mass is 35.5. The summed E-state index contributed by atoms with van der Waals surface area (Å²) >= 11 is 5.99. The van der Waals surface area contributed by atoms with Crippen molar-refractivity contribution in [1.29, 1.82) is 0 Å². The van der Waals surface area contributed by atoms with Crippen LogP contribution in [-0.2, 0) is 6.42 Å². The van der Waals surface area contributed by atoms with Crippen LogP contribution in [0.1, 0.15) is 5.56 Å². The van der Waals surface area contributed by atoms with Gasteiger partial charge in [-0.05, 0) is 24.1 Å². The van der Waals surface area contributed by atoms with E-state index < -0.39 is 0 Å². The lowest BCUT2D eigenvalue weighted by atomic mass is 10.1. The smallest absolute Gasteiger partial charge is 0.180 e. The van der Waals surface area contributed by atoms with Crippen molar-refractivity contribution in [2.75, 3.05) is 12.8 Å². The lowest BCUT2D eigenvalue weighted by Crippen LogP contribution is -1.92.